The van der Waals surface area contributed by atoms with E-state index < -0.39 is 10.8 Å². The summed E-state index contributed by atoms with van der Waals surface area (Å²) >= 11 is 30.9. The highest BCUT2D eigenvalue weighted by molar-refractivity contribution is 7.82. The van der Waals surface area contributed by atoms with Crippen molar-refractivity contribution in [1.29, 1.82) is 0 Å². The van der Waals surface area contributed by atoms with Crippen LogP contribution in [0, 0.1) is 24.5 Å². The van der Waals surface area contributed by atoms with Crippen molar-refractivity contribution in [2.45, 2.75) is 54.9 Å². The van der Waals surface area contributed by atoms with Crippen LogP contribution in [0.4, 0.5) is 0 Å². The molecule has 1 aliphatic rings. The van der Waals surface area contributed by atoms with Crippen molar-refractivity contribution in [1.82, 2.24) is 0 Å². The summed E-state index contributed by atoms with van der Waals surface area (Å²) in [7, 11) is 0. The Balaban J connectivity index is 2.11. The number of benzene rings is 4. The van der Waals surface area contributed by atoms with E-state index in [9.17, 15) is 0 Å². The molecule has 0 N–H and O–H groups in total. The maximum Gasteiger partial charge on any atom is 0.0449 e. The van der Waals surface area contributed by atoms with Crippen LogP contribution in [0.2, 0.25) is 0 Å². The fourth-order valence-corrected chi connectivity index (χ4v) is 9.62. The first-order chi connectivity index (χ1) is 19.2. The van der Waals surface area contributed by atoms with Crippen molar-refractivity contribution >= 4 is 75.8 Å². The monoisotopic (exact) mass is 634 g/mol. The summed E-state index contributed by atoms with van der Waals surface area (Å²) in [6, 6.07) is 33.7. The molecule has 4 aromatic carbocycles. The van der Waals surface area contributed by atoms with E-state index in [0.29, 0.717) is 0 Å². The van der Waals surface area contributed by atoms with Gasteiger partial charge < -0.3 is 0 Å². The maximum absolute atomic E-state index is 5.55. The van der Waals surface area contributed by atoms with Gasteiger partial charge in [-0.1, -0.05) is 79.7 Å². The van der Waals surface area contributed by atoms with Gasteiger partial charge in [-0.05, 0) is 77.6 Å². The van der Waals surface area contributed by atoms with Gasteiger partial charge in [-0.25, -0.2) is 0 Å². The highest BCUT2D eigenvalue weighted by Gasteiger charge is 2.68. The Morgan fingerprint density at radius 1 is 0.700 bits per heavy atom. The van der Waals surface area contributed by atoms with E-state index in [-0.39, 0.29) is 23.0 Å². The molecule has 0 aliphatic heterocycles. The first-order valence-corrected chi connectivity index (χ1v) is 16.2. The third-order valence-electron chi connectivity index (χ3n) is 8.89. The van der Waals surface area contributed by atoms with Crippen molar-refractivity contribution in [2.24, 2.45) is 11.8 Å². The van der Waals surface area contributed by atoms with E-state index in [1.54, 1.807) is 0 Å². The van der Waals surface area contributed by atoms with E-state index in [1.165, 1.54) is 5.56 Å². The molecule has 6 heteroatoms. The fraction of sp³-hybridized carbons (Fsp3) is 0.235. The van der Waals surface area contributed by atoms with Crippen LogP contribution < -0.4 is 0 Å². The van der Waals surface area contributed by atoms with E-state index in [0.717, 1.165) is 42.7 Å². The highest BCUT2D eigenvalue weighted by atomic mass is 32.1. The molecule has 5 unspecified atom stereocenters. The molecule has 40 heavy (non-hydrogen) atoms. The van der Waals surface area contributed by atoms with E-state index in [1.807, 2.05) is 30.0 Å². The average molecular weight is 635 g/mol. The topological polar surface area (TPSA) is 0 Å². The number of hydrogen-bond donors (Lipinski definition) is 6. The molecule has 0 heterocycles. The lowest BCUT2D eigenvalue weighted by Crippen LogP contribution is -2.66. The Morgan fingerprint density at radius 2 is 1.12 bits per heavy atom. The van der Waals surface area contributed by atoms with Gasteiger partial charge in [-0.3, -0.25) is 0 Å². The largest absolute Gasteiger partial charge is 0.174 e. The van der Waals surface area contributed by atoms with E-state index in [4.69, 9.17) is 82.7 Å². The Bertz CT molecular complexity index is 1450. The van der Waals surface area contributed by atoms with Gasteiger partial charge in [0.25, 0.3) is 0 Å². The molecule has 5 rings (SSSR count). The molecule has 0 saturated heterocycles. The Kier molecular flexibility index (Phi) is 9.36. The number of hydrogen-bond acceptors (Lipinski definition) is 6. The zero-order valence-electron chi connectivity index (χ0n) is 22.2. The predicted octanol–water partition coefficient (Wildman–Crippen LogP) is 9.73. The minimum atomic E-state index is -0.740. The first-order valence-electron chi connectivity index (χ1n) is 13.3. The maximum atomic E-state index is 5.55. The Labute approximate surface area is 272 Å². The average Bonchev–Trinajstić information content (AvgIpc) is 2.96. The van der Waals surface area contributed by atoms with Crippen LogP contribution >= 0.6 is 75.8 Å². The lowest BCUT2D eigenvalue weighted by atomic mass is 9.39. The van der Waals surface area contributed by atoms with Crippen molar-refractivity contribution in [2.75, 3.05) is 0 Å². The first kappa shape index (κ1) is 30.4. The summed E-state index contributed by atoms with van der Waals surface area (Å²) < 4.78 is 0. The van der Waals surface area contributed by atoms with Crippen LogP contribution in [-0.4, -0.2) is 5.25 Å². The van der Waals surface area contributed by atoms with Crippen LogP contribution in [0.1, 0.15) is 41.5 Å². The number of thiol groups is 6. The van der Waals surface area contributed by atoms with Crippen LogP contribution in [0.5, 0.6) is 0 Å². The lowest BCUT2D eigenvalue weighted by molar-refractivity contribution is 0.0782. The standard InChI is InChI=1S/C34H34S6/c1-21-19-27(23-11-3-7-15-28(23)36)33(22(2)20-35,24-12-4-8-16-29(24)37)34(32(21)40,25-13-5-9-17-30(25)38)26-14-6-10-18-31(26)39/h3-18,20-22,27,32,35-40H,1,19H2,2H3. The quantitative estimate of drug-likeness (QED) is 0.112. The highest BCUT2D eigenvalue weighted by Crippen LogP contribution is 2.70. The van der Waals surface area contributed by atoms with Gasteiger partial charge in [-0.2, -0.15) is 25.3 Å². The van der Waals surface area contributed by atoms with Crippen LogP contribution in [0.25, 0.3) is 0 Å². The van der Waals surface area contributed by atoms with E-state index >= 15 is 0 Å². The molecular formula is C34H34S6. The SMILES string of the molecule is [CH2]C1CC(c2ccccc2S)C(c2ccccc2S)(C(C)[CH]S)C(c2ccccc2S)(c2ccccc2S)C1S. The van der Waals surface area contributed by atoms with Gasteiger partial charge in [0.15, 0.2) is 0 Å². The molecule has 1 saturated carbocycles. The van der Waals surface area contributed by atoms with Crippen LogP contribution in [0.3, 0.4) is 0 Å². The number of rotatable bonds is 6. The second-order valence-electron chi connectivity index (χ2n) is 10.7. The molecule has 0 nitrogen and oxygen atoms in total. The molecule has 4 aromatic rings. The van der Waals surface area contributed by atoms with Gasteiger partial charge in [0.1, 0.15) is 0 Å². The Morgan fingerprint density at radius 3 is 1.57 bits per heavy atom. The molecule has 206 valence electrons. The summed E-state index contributed by atoms with van der Waals surface area (Å²) in [5.41, 5.74) is 3.12. The molecule has 0 bridgehead atoms. The molecule has 0 spiro atoms. The lowest BCUT2D eigenvalue weighted by Gasteiger charge is -2.66. The zero-order chi connectivity index (χ0) is 28.7. The van der Waals surface area contributed by atoms with Gasteiger partial charge in [0.05, 0.1) is 0 Å². The zero-order valence-corrected chi connectivity index (χ0v) is 27.6. The van der Waals surface area contributed by atoms with Gasteiger partial charge in [0.2, 0.25) is 0 Å². The summed E-state index contributed by atoms with van der Waals surface area (Å²) in [5.74, 6) is 1.97. The van der Waals surface area contributed by atoms with Crippen LogP contribution in [-0.2, 0) is 10.8 Å². The summed E-state index contributed by atoms with van der Waals surface area (Å²) in [5, 5.41) is -0.193. The van der Waals surface area contributed by atoms with Crippen molar-refractivity contribution in [3.63, 3.8) is 0 Å². The summed E-state index contributed by atoms with van der Waals surface area (Å²) in [6.07, 6.45) is 0.811. The van der Waals surface area contributed by atoms with Crippen molar-refractivity contribution < 1.29 is 0 Å². The van der Waals surface area contributed by atoms with Gasteiger partial charge in [-0.15, -0.1) is 50.5 Å². The molecule has 1 fully saturated rings. The van der Waals surface area contributed by atoms with Crippen LogP contribution in [0.15, 0.2) is 117 Å². The van der Waals surface area contributed by atoms with Crippen molar-refractivity contribution in [3.8, 4) is 0 Å². The van der Waals surface area contributed by atoms with Gasteiger partial charge in [0, 0.05) is 41.4 Å². The molecule has 0 aromatic heterocycles. The molecular weight excluding hydrogens is 601 g/mol. The minimum Gasteiger partial charge on any atom is -0.174 e. The third kappa shape index (κ3) is 4.60. The summed E-state index contributed by atoms with van der Waals surface area (Å²) in [6.45, 7) is 7.02. The second-order valence-corrected chi connectivity index (χ2v) is 13.5. The van der Waals surface area contributed by atoms with Gasteiger partial charge >= 0.3 is 0 Å². The molecule has 0 amide bonds. The normalized spacial score (nSPS) is 24.9. The second kappa shape index (κ2) is 12.3. The molecule has 5 atom stereocenters. The molecule has 1 aliphatic carbocycles. The predicted molar refractivity (Wildman–Crippen MR) is 189 cm³/mol. The van der Waals surface area contributed by atoms with E-state index in [2.05, 4.69) is 79.7 Å². The third-order valence-corrected chi connectivity index (χ3v) is 11.7. The smallest absolute Gasteiger partial charge is 0.0449 e. The summed E-state index contributed by atoms with van der Waals surface area (Å²) in [4.78, 5) is 3.68. The fourth-order valence-electron chi connectivity index (χ4n) is 7.43. The Hall–Kier alpha value is -1.02. The molecule has 2 radical (unpaired) electrons. The minimum absolute atomic E-state index is 0.00512. The van der Waals surface area contributed by atoms with Crippen molar-refractivity contribution in [3.05, 3.63) is 132 Å².